The fraction of sp³-hybridized carbons (Fsp3) is 0.462. The van der Waals surface area contributed by atoms with Crippen molar-refractivity contribution in [1.29, 1.82) is 0 Å². The van der Waals surface area contributed by atoms with Gasteiger partial charge in [-0.2, -0.15) is 4.39 Å². The Labute approximate surface area is 125 Å². The number of carbonyl (C=O) groups is 1. The topological polar surface area (TPSA) is 72.2 Å². The maximum Gasteiger partial charge on any atom is 0.308 e. The van der Waals surface area contributed by atoms with Gasteiger partial charge in [-0.25, -0.2) is 4.39 Å². The van der Waals surface area contributed by atoms with Crippen LogP contribution in [0.25, 0.3) is 0 Å². The lowest BCUT2D eigenvalue weighted by molar-refractivity contribution is -0.387. The molecule has 1 aromatic carbocycles. The Hall–Kier alpha value is -1.76. The number of benzene rings is 1. The van der Waals surface area contributed by atoms with Gasteiger partial charge in [-0.05, 0) is 25.8 Å². The van der Waals surface area contributed by atoms with Crippen molar-refractivity contribution in [3.63, 3.8) is 0 Å². The van der Waals surface area contributed by atoms with Crippen molar-refractivity contribution in [2.45, 2.75) is 32.2 Å². The first-order valence-electron chi connectivity index (χ1n) is 6.26. The molecule has 1 atom stereocenters. The minimum atomic E-state index is -1.36. The minimum absolute atomic E-state index is 0.274. The number of nitrogens with zero attached hydrogens (tertiary/aromatic N) is 1. The third-order valence-electron chi connectivity index (χ3n) is 3.30. The highest BCUT2D eigenvalue weighted by atomic mass is 35.5. The van der Waals surface area contributed by atoms with E-state index in [1.165, 1.54) is 0 Å². The summed E-state index contributed by atoms with van der Waals surface area (Å²) < 4.78 is 27.2. The molecule has 116 valence electrons. The molecule has 0 fully saturated rings. The first-order valence-corrected chi connectivity index (χ1v) is 6.79. The van der Waals surface area contributed by atoms with E-state index in [0.717, 1.165) is 0 Å². The largest absolute Gasteiger partial charge is 0.347 e. The second kappa shape index (κ2) is 6.80. The van der Waals surface area contributed by atoms with Gasteiger partial charge in [-0.1, -0.05) is 6.92 Å². The molecule has 0 aliphatic carbocycles. The summed E-state index contributed by atoms with van der Waals surface area (Å²) in [5, 5.41) is 13.2. The molecular formula is C13H15ClF2N2O3. The first-order chi connectivity index (χ1) is 9.74. The Kier molecular flexibility index (Phi) is 5.60. The molecule has 1 amide bonds. The molecule has 1 aromatic rings. The Morgan fingerprint density at radius 1 is 1.48 bits per heavy atom. The fourth-order valence-corrected chi connectivity index (χ4v) is 2.17. The zero-order valence-electron chi connectivity index (χ0n) is 11.6. The lowest BCUT2D eigenvalue weighted by Gasteiger charge is -2.29. The minimum Gasteiger partial charge on any atom is -0.347 e. The van der Waals surface area contributed by atoms with E-state index in [9.17, 15) is 23.7 Å². The van der Waals surface area contributed by atoms with Crippen LogP contribution >= 0.6 is 11.6 Å². The van der Waals surface area contributed by atoms with Crippen LogP contribution in [0.2, 0.25) is 0 Å². The summed E-state index contributed by atoms with van der Waals surface area (Å²) >= 11 is 5.64. The molecule has 21 heavy (non-hydrogen) atoms. The third kappa shape index (κ3) is 4.10. The van der Waals surface area contributed by atoms with E-state index in [1.807, 2.05) is 0 Å². The predicted molar refractivity (Wildman–Crippen MR) is 74.5 cm³/mol. The zero-order valence-corrected chi connectivity index (χ0v) is 12.3. The first kappa shape index (κ1) is 17.3. The number of halogens is 3. The molecule has 5 nitrogen and oxygen atoms in total. The van der Waals surface area contributed by atoms with Gasteiger partial charge in [0.2, 0.25) is 5.82 Å². The Morgan fingerprint density at radius 3 is 2.57 bits per heavy atom. The molecule has 0 aromatic heterocycles. The van der Waals surface area contributed by atoms with Crippen LogP contribution in [-0.4, -0.2) is 22.2 Å². The summed E-state index contributed by atoms with van der Waals surface area (Å²) in [4.78, 5) is 21.6. The molecule has 0 aliphatic heterocycles. The summed E-state index contributed by atoms with van der Waals surface area (Å²) in [6, 6.07) is 1.07. The highest BCUT2D eigenvalue weighted by Crippen LogP contribution is 2.24. The van der Waals surface area contributed by atoms with Crippen LogP contribution in [0.5, 0.6) is 0 Å². The van der Waals surface area contributed by atoms with Gasteiger partial charge in [0, 0.05) is 11.4 Å². The zero-order chi connectivity index (χ0) is 16.2. The number of hydrogen-bond donors (Lipinski definition) is 1. The van der Waals surface area contributed by atoms with Crippen LogP contribution in [0.15, 0.2) is 12.1 Å². The van der Waals surface area contributed by atoms with Crippen LogP contribution in [0.4, 0.5) is 14.5 Å². The van der Waals surface area contributed by atoms with Crippen molar-refractivity contribution in [1.82, 2.24) is 5.32 Å². The summed E-state index contributed by atoms with van der Waals surface area (Å²) in [6.45, 7) is 3.51. The van der Waals surface area contributed by atoms with Crippen molar-refractivity contribution in [3.8, 4) is 0 Å². The number of nitro groups is 1. The molecule has 1 rings (SSSR count). The number of nitro benzene ring substituents is 1. The van der Waals surface area contributed by atoms with Crippen molar-refractivity contribution in [2.24, 2.45) is 0 Å². The third-order valence-corrected chi connectivity index (χ3v) is 3.49. The van der Waals surface area contributed by atoms with Gasteiger partial charge in [0.15, 0.2) is 0 Å². The molecule has 0 saturated heterocycles. The number of amides is 1. The molecule has 8 heteroatoms. The molecule has 0 heterocycles. The number of rotatable bonds is 6. The summed E-state index contributed by atoms with van der Waals surface area (Å²) in [5.74, 6) is -3.05. The van der Waals surface area contributed by atoms with Crippen LogP contribution in [0, 0.1) is 21.7 Å². The van der Waals surface area contributed by atoms with Crippen molar-refractivity contribution in [3.05, 3.63) is 39.4 Å². The number of hydrogen-bond acceptors (Lipinski definition) is 3. The summed E-state index contributed by atoms with van der Waals surface area (Å²) in [6.07, 6.45) is 0.945. The van der Waals surface area contributed by atoms with Gasteiger partial charge in [0.25, 0.3) is 5.91 Å². The molecule has 0 spiro atoms. The van der Waals surface area contributed by atoms with E-state index in [4.69, 9.17) is 11.6 Å². The molecule has 1 unspecified atom stereocenters. The normalized spacial score (nSPS) is 13.6. The average molecular weight is 321 g/mol. The number of carbonyl (C=O) groups excluding carboxylic acids is 1. The van der Waals surface area contributed by atoms with Gasteiger partial charge in [0.1, 0.15) is 5.82 Å². The monoisotopic (exact) mass is 320 g/mol. The van der Waals surface area contributed by atoms with Crippen molar-refractivity contribution < 1.29 is 18.5 Å². The van der Waals surface area contributed by atoms with E-state index in [0.29, 0.717) is 25.0 Å². The van der Waals surface area contributed by atoms with Crippen LogP contribution < -0.4 is 5.32 Å². The molecular weight excluding hydrogens is 306 g/mol. The predicted octanol–water partition coefficient (Wildman–Crippen LogP) is 3.40. The fourth-order valence-electron chi connectivity index (χ4n) is 1.75. The average Bonchev–Trinajstić information content (AvgIpc) is 2.40. The molecule has 0 radical (unpaired) electrons. The van der Waals surface area contributed by atoms with E-state index < -0.39 is 39.3 Å². The van der Waals surface area contributed by atoms with Gasteiger partial charge in [-0.15, -0.1) is 11.6 Å². The van der Waals surface area contributed by atoms with E-state index >= 15 is 0 Å². The quantitative estimate of drug-likeness (QED) is 0.496. The standard InChI is InChI=1S/C13H15ClF2N2O3/c1-3-13(2,4-5-14)17-12(19)9-6-8(15)7-10(11(9)16)18(20)21/h6-7H,3-5H2,1-2H3,(H,17,19). The van der Waals surface area contributed by atoms with Crippen molar-refractivity contribution >= 4 is 23.2 Å². The van der Waals surface area contributed by atoms with Gasteiger partial charge >= 0.3 is 5.69 Å². The highest BCUT2D eigenvalue weighted by Gasteiger charge is 2.29. The highest BCUT2D eigenvalue weighted by molar-refractivity contribution is 6.17. The lowest BCUT2D eigenvalue weighted by Crippen LogP contribution is -2.46. The maximum atomic E-state index is 13.9. The van der Waals surface area contributed by atoms with Crippen LogP contribution in [-0.2, 0) is 0 Å². The smallest absolute Gasteiger partial charge is 0.308 e. The second-order valence-electron chi connectivity index (χ2n) is 4.85. The molecule has 0 bridgehead atoms. The molecule has 0 aliphatic rings. The maximum absolute atomic E-state index is 13.9. The van der Waals surface area contributed by atoms with Crippen molar-refractivity contribution in [2.75, 3.05) is 5.88 Å². The second-order valence-corrected chi connectivity index (χ2v) is 5.23. The number of alkyl halides is 1. The Balaban J connectivity index is 3.16. The van der Waals surface area contributed by atoms with Gasteiger partial charge < -0.3 is 5.32 Å². The molecule has 0 saturated carbocycles. The SMILES string of the molecule is CCC(C)(CCCl)NC(=O)c1cc(F)cc([N+](=O)[O-])c1F. The Bertz CT molecular complexity index is 569. The van der Waals surface area contributed by atoms with Crippen LogP contribution in [0.1, 0.15) is 37.0 Å². The van der Waals surface area contributed by atoms with E-state index in [1.54, 1.807) is 13.8 Å². The van der Waals surface area contributed by atoms with Gasteiger partial charge in [0.05, 0.1) is 16.6 Å². The number of nitrogens with one attached hydrogen (secondary N) is 1. The van der Waals surface area contributed by atoms with E-state index in [-0.39, 0.29) is 5.88 Å². The summed E-state index contributed by atoms with van der Waals surface area (Å²) in [5.41, 5.74) is -2.47. The molecule has 1 N–H and O–H groups in total. The van der Waals surface area contributed by atoms with E-state index in [2.05, 4.69) is 5.32 Å². The lowest BCUT2D eigenvalue weighted by atomic mass is 9.95. The Morgan fingerprint density at radius 2 is 2.10 bits per heavy atom. The van der Waals surface area contributed by atoms with Gasteiger partial charge in [-0.3, -0.25) is 14.9 Å². The summed E-state index contributed by atoms with van der Waals surface area (Å²) in [7, 11) is 0. The van der Waals surface area contributed by atoms with Crippen LogP contribution in [0.3, 0.4) is 0 Å².